The van der Waals surface area contributed by atoms with Crippen molar-refractivity contribution in [2.45, 2.75) is 17.7 Å². The first kappa shape index (κ1) is 14.8. The normalized spacial score (nSPS) is 13.1. The molecule has 0 aromatic heterocycles. The van der Waals surface area contributed by atoms with E-state index in [1.54, 1.807) is 0 Å². The van der Waals surface area contributed by atoms with Gasteiger partial charge in [-0.1, -0.05) is 11.6 Å². The van der Waals surface area contributed by atoms with Gasteiger partial charge in [-0.3, -0.25) is 4.79 Å². The van der Waals surface area contributed by atoms with Crippen LogP contribution in [0.4, 0.5) is 0 Å². The van der Waals surface area contributed by atoms with Crippen LogP contribution in [0, 0.1) is 0 Å². The van der Waals surface area contributed by atoms with Gasteiger partial charge < -0.3 is 9.84 Å². The molecule has 7 heteroatoms. The number of aliphatic carboxylic acids is 1. The maximum atomic E-state index is 11.6. The minimum absolute atomic E-state index is 0.0282. The monoisotopic (exact) mass is 292 g/mol. The average molecular weight is 293 g/mol. The van der Waals surface area contributed by atoms with Gasteiger partial charge in [0.2, 0.25) is 0 Å². The molecule has 0 heterocycles. The van der Waals surface area contributed by atoms with Crippen LogP contribution in [-0.2, 0) is 14.6 Å². The molecule has 1 unspecified atom stereocenters. The van der Waals surface area contributed by atoms with Gasteiger partial charge >= 0.3 is 5.97 Å². The molecule has 100 valence electrons. The number of benzene rings is 1. The molecule has 18 heavy (non-hydrogen) atoms. The van der Waals surface area contributed by atoms with Gasteiger partial charge in [0.15, 0.2) is 15.6 Å². The highest BCUT2D eigenvalue weighted by atomic mass is 35.5. The largest absolute Gasteiger partial charge is 0.494 e. The topological polar surface area (TPSA) is 80.7 Å². The number of carboxylic acid groups (broad SMARTS) is 1. The van der Waals surface area contributed by atoms with Gasteiger partial charge in [0.1, 0.15) is 4.90 Å². The summed E-state index contributed by atoms with van der Waals surface area (Å²) in [6.45, 7) is 1.45. The van der Waals surface area contributed by atoms with Crippen LogP contribution in [0.2, 0.25) is 5.02 Å². The predicted molar refractivity (Wildman–Crippen MR) is 67.2 cm³/mol. The number of hydrogen-bond donors (Lipinski definition) is 1. The summed E-state index contributed by atoms with van der Waals surface area (Å²) < 4.78 is 28.2. The lowest BCUT2D eigenvalue weighted by Crippen LogP contribution is -2.10. The highest BCUT2D eigenvalue weighted by Gasteiger charge is 2.22. The van der Waals surface area contributed by atoms with Crippen LogP contribution in [0.3, 0.4) is 0 Å². The SMILES string of the molecule is COc1c(Cl)cc(C(C)C(=O)O)cc1S(C)(=O)=O. The van der Waals surface area contributed by atoms with Crippen molar-refractivity contribution in [1.29, 1.82) is 0 Å². The van der Waals surface area contributed by atoms with Crippen molar-refractivity contribution in [3.63, 3.8) is 0 Å². The van der Waals surface area contributed by atoms with Crippen LogP contribution >= 0.6 is 11.6 Å². The molecule has 0 aliphatic rings. The van der Waals surface area contributed by atoms with Crippen LogP contribution in [0.15, 0.2) is 17.0 Å². The van der Waals surface area contributed by atoms with Gasteiger partial charge in [-0.2, -0.15) is 0 Å². The summed E-state index contributed by atoms with van der Waals surface area (Å²) in [4.78, 5) is 10.8. The van der Waals surface area contributed by atoms with E-state index in [2.05, 4.69) is 0 Å². The maximum Gasteiger partial charge on any atom is 0.310 e. The van der Waals surface area contributed by atoms with E-state index in [1.165, 1.54) is 26.2 Å². The number of rotatable bonds is 4. The summed E-state index contributed by atoms with van der Waals surface area (Å²) in [6.07, 6.45) is 1.01. The third-order valence-electron chi connectivity index (χ3n) is 2.51. The Kier molecular flexibility index (Phi) is 4.24. The third-order valence-corrected chi connectivity index (χ3v) is 3.89. The zero-order valence-electron chi connectivity index (χ0n) is 10.1. The second kappa shape index (κ2) is 5.16. The second-order valence-corrected chi connectivity index (χ2v) is 6.26. The van der Waals surface area contributed by atoms with Crippen LogP contribution < -0.4 is 4.74 Å². The molecular formula is C11H13ClO5S. The Balaban J connectivity index is 3.55. The Morgan fingerprint density at radius 3 is 2.39 bits per heavy atom. The van der Waals surface area contributed by atoms with E-state index in [0.717, 1.165) is 6.26 Å². The molecule has 1 aromatic carbocycles. The molecular weight excluding hydrogens is 280 g/mol. The Morgan fingerprint density at radius 1 is 1.44 bits per heavy atom. The molecule has 1 aromatic rings. The number of sulfone groups is 1. The van der Waals surface area contributed by atoms with E-state index in [9.17, 15) is 13.2 Å². The second-order valence-electron chi connectivity index (χ2n) is 3.87. The summed E-state index contributed by atoms with van der Waals surface area (Å²) in [5.74, 6) is -1.88. The summed E-state index contributed by atoms with van der Waals surface area (Å²) in [5.41, 5.74) is 0.314. The van der Waals surface area contributed by atoms with Crippen LogP contribution in [-0.4, -0.2) is 32.9 Å². The average Bonchev–Trinajstić information content (AvgIpc) is 2.25. The number of carboxylic acids is 1. The molecule has 0 aliphatic heterocycles. The lowest BCUT2D eigenvalue weighted by molar-refractivity contribution is -0.138. The first-order valence-electron chi connectivity index (χ1n) is 4.98. The first-order chi connectivity index (χ1) is 8.18. The molecule has 0 saturated carbocycles. The lowest BCUT2D eigenvalue weighted by atomic mass is 10.0. The summed E-state index contributed by atoms with van der Waals surface area (Å²) in [7, 11) is -2.25. The van der Waals surface area contributed by atoms with E-state index < -0.39 is 21.7 Å². The Bertz CT molecular complexity index is 579. The Hall–Kier alpha value is -1.27. The molecule has 0 amide bonds. The van der Waals surface area contributed by atoms with Crippen molar-refractivity contribution in [2.24, 2.45) is 0 Å². The molecule has 0 saturated heterocycles. The van der Waals surface area contributed by atoms with E-state index in [0.29, 0.717) is 5.56 Å². The third kappa shape index (κ3) is 2.94. The van der Waals surface area contributed by atoms with Crippen molar-refractivity contribution < 1.29 is 23.1 Å². The summed E-state index contributed by atoms with van der Waals surface area (Å²) >= 11 is 5.91. The van der Waals surface area contributed by atoms with Gasteiger partial charge in [0, 0.05) is 6.26 Å². The number of halogens is 1. The highest BCUT2D eigenvalue weighted by Crippen LogP contribution is 2.35. The Morgan fingerprint density at radius 2 is 2.00 bits per heavy atom. The van der Waals surface area contributed by atoms with Crippen molar-refractivity contribution in [3.05, 3.63) is 22.7 Å². The van der Waals surface area contributed by atoms with E-state index in [-0.39, 0.29) is 15.7 Å². The van der Waals surface area contributed by atoms with Gasteiger partial charge in [-0.05, 0) is 24.6 Å². The number of carbonyl (C=O) groups is 1. The summed E-state index contributed by atoms with van der Waals surface area (Å²) in [6, 6.07) is 2.67. The molecule has 0 radical (unpaired) electrons. The van der Waals surface area contributed by atoms with Gasteiger partial charge in [0.25, 0.3) is 0 Å². The Labute approximate surface area is 110 Å². The molecule has 1 N–H and O–H groups in total. The fourth-order valence-electron chi connectivity index (χ4n) is 1.45. The van der Waals surface area contributed by atoms with Crippen LogP contribution in [0.5, 0.6) is 5.75 Å². The highest BCUT2D eigenvalue weighted by molar-refractivity contribution is 7.90. The fourth-order valence-corrected chi connectivity index (χ4v) is 2.70. The molecule has 0 fully saturated rings. The molecule has 0 spiro atoms. The minimum Gasteiger partial charge on any atom is -0.494 e. The van der Waals surface area contributed by atoms with E-state index >= 15 is 0 Å². The zero-order valence-corrected chi connectivity index (χ0v) is 11.7. The smallest absolute Gasteiger partial charge is 0.310 e. The van der Waals surface area contributed by atoms with Crippen LogP contribution in [0.1, 0.15) is 18.4 Å². The quantitative estimate of drug-likeness (QED) is 0.917. The van der Waals surface area contributed by atoms with Crippen molar-refractivity contribution in [1.82, 2.24) is 0 Å². The molecule has 1 rings (SSSR count). The zero-order chi connectivity index (χ0) is 14.1. The molecule has 0 aliphatic carbocycles. The standard InChI is InChI=1S/C11H13ClO5S/c1-6(11(13)14)7-4-8(12)10(17-2)9(5-7)18(3,15)16/h4-6H,1-3H3,(H,13,14). The van der Waals surface area contributed by atoms with Gasteiger partial charge in [0.05, 0.1) is 18.1 Å². The summed E-state index contributed by atoms with van der Waals surface area (Å²) in [5, 5.41) is 9.00. The fraction of sp³-hybridized carbons (Fsp3) is 0.364. The number of hydrogen-bond acceptors (Lipinski definition) is 4. The number of ether oxygens (including phenoxy) is 1. The minimum atomic E-state index is -3.55. The van der Waals surface area contributed by atoms with Crippen molar-refractivity contribution in [2.75, 3.05) is 13.4 Å². The predicted octanol–water partition coefficient (Wildman–Crippen LogP) is 1.94. The molecule has 1 atom stereocenters. The maximum absolute atomic E-state index is 11.6. The van der Waals surface area contributed by atoms with E-state index in [1.807, 2.05) is 0 Å². The van der Waals surface area contributed by atoms with Crippen molar-refractivity contribution >= 4 is 27.4 Å². The van der Waals surface area contributed by atoms with E-state index in [4.69, 9.17) is 21.4 Å². The lowest BCUT2D eigenvalue weighted by Gasteiger charge is -2.13. The van der Waals surface area contributed by atoms with Crippen LogP contribution in [0.25, 0.3) is 0 Å². The van der Waals surface area contributed by atoms with Crippen molar-refractivity contribution in [3.8, 4) is 5.75 Å². The molecule has 0 bridgehead atoms. The number of methoxy groups -OCH3 is 1. The first-order valence-corrected chi connectivity index (χ1v) is 7.25. The molecule has 5 nitrogen and oxygen atoms in total. The van der Waals surface area contributed by atoms with Gasteiger partial charge in [-0.15, -0.1) is 0 Å². The van der Waals surface area contributed by atoms with Gasteiger partial charge in [-0.25, -0.2) is 8.42 Å².